The standard InChI is InChI=1S/C15H26O2/c1-15(2,3)14(16)17-8-4-5-12-9-11-6-7-13(12)10-11/h11-13H,4-10H2,1-3H3. The predicted molar refractivity (Wildman–Crippen MR) is 68.6 cm³/mol. The SMILES string of the molecule is CC(C)(C)C(=O)OCCCC1CC2CCC1C2. The van der Waals surface area contributed by atoms with Crippen LogP contribution in [0.25, 0.3) is 0 Å². The van der Waals surface area contributed by atoms with Crippen molar-refractivity contribution in [3.63, 3.8) is 0 Å². The molecule has 3 atom stereocenters. The smallest absolute Gasteiger partial charge is 0.311 e. The molecule has 0 radical (unpaired) electrons. The minimum atomic E-state index is -0.355. The van der Waals surface area contributed by atoms with Crippen molar-refractivity contribution in [2.75, 3.05) is 6.61 Å². The third kappa shape index (κ3) is 3.23. The fourth-order valence-corrected chi connectivity index (χ4v) is 3.46. The molecule has 0 heterocycles. The van der Waals surface area contributed by atoms with Crippen LogP contribution < -0.4 is 0 Å². The van der Waals surface area contributed by atoms with Crippen LogP contribution in [0.2, 0.25) is 0 Å². The first kappa shape index (κ1) is 12.9. The van der Waals surface area contributed by atoms with Crippen molar-refractivity contribution in [3.8, 4) is 0 Å². The van der Waals surface area contributed by atoms with Crippen LogP contribution in [0.5, 0.6) is 0 Å². The van der Waals surface area contributed by atoms with Crippen LogP contribution in [0.15, 0.2) is 0 Å². The van der Waals surface area contributed by atoms with Crippen molar-refractivity contribution in [1.29, 1.82) is 0 Å². The molecule has 2 nitrogen and oxygen atoms in total. The van der Waals surface area contributed by atoms with Crippen LogP contribution in [0.1, 0.15) is 59.3 Å². The van der Waals surface area contributed by atoms with Gasteiger partial charge in [0.1, 0.15) is 0 Å². The topological polar surface area (TPSA) is 26.3 Å². The molecular weight excluding hydrogens is 212 g/mol. The Balaban J connectivity index is 1.59. The zero-order valence-electron chi connectivity index (χ0n) is 11.5. The fourth-order valence-electron chi connectivity index (χ4n) is 3.46. The molecular formula is C15H26O2. The Morgan fingerprint density at radius 2 is 2.00 bits per heavy atom. The number of hydrogen-bond donors (Lipinski definition) is 0. The van der Waals surface area contributed by atoms with Gasteiger partial charge in [-0.05, 0) is 70.6 Å². The molecule has 0 saturated heterocycles. The minimum absolute atomic E-state index is 0.0644. The third-order valence-electron chi connectivity index (χ3n) is 4.45. The van der Waals surface area contributed by atoms with Gasteiger partial charge < -0.3 is 4.74 Å². The van der Waals surface area contributed by atoms with E-state index in [2.05, 4.69) is 0 Å². The van der Waals surface area contributed by atoms with Crippen LogP contribution in [-0.2, 0) is 9.53 Å². The number of carbonyl (C=O) groups is 1. The maximum atomic E-state index is 11.6. The summed E-state index contributed by atoms with van der Waals surface area (Å²) >= 11 is 0. The van der Waals surface area contributed by atoms with Gasteiger partial charge in [0.05, 0.1) is 12.0 Å². The van der Waals surface area contributed by atoms with Crippen molar-refractivity contribution < 1.29 is 9.53 Å². The van der Waals surface area contributed by atoms with E-state index in [9.17, 15) is 4.79 Å². The molecule has 0 aromatic carbocycles. The summed E-state index contributed by atoms with van der Waals surface area (Å²) in [5, 5.41) is 0. The molecule has 0 N–H and O–H groups in total. The van der Waals surface area contributed by atoms with Gasteiger partial charge in [0.15, 0.2) is 0 Å². The molecule has 2 bridgehead atoms. The van der Waals surface area contributed by atoms with Crippen LogP contribution in [0.4, 0.5) is 0 Å². The summed E-state index contributed by atoms with van der Waals surface area (Å²) in [6, 6.07) is 0. The van der Waals surface area contributed by atoms with Gasteiger partial charge in [0.25, 0.3) is 0 Å². The highest BCUT2D eigenvalue weighted by atomic mass is 16.5. The van der Waals surface area contributed by atoms with Crippen LogP contribution in [0, 0.1) is 23.2 Å². The second-order valence-corrected chi connectivity index (χ2v) is 6.96. The molecule has 17 heavy (non-hydrogen) atoms. The molecule has 2 aliphatic carbocycles. The first-order valence-electron chi connectivity index (χ1n) is 7.14. The van der Waals surface area contributed by atoms with E-state index >= 15 is 0 Å². The molecule has 0 aliphatic heterocycles. The predicted octanol–water partition coefficient (Wildman–Crippen LogP) is 3.79. The molecule has 2 fully saturated rings. The Morgan fingerprint density at radius 1 is 1.24 bits per heavy atom. The maximum Gasteiger partial charge on any atom is 0.311 e. The summed E-state index contributed by atoms with van der Waals surface area (Å²) in [4.78, 5) is 11.6. The summed E-state index contributed by atoms with van der Waals surface area (Å²) in [6.07, 6.45) is 8.16. The van der Waals surface area contributed by atoms with Crippen molar-refractivity contribution >= 4 is 5.97 Å². The average Bonchev–Trinajstić information content (AvgIpc) is 2.84. The first-order valence-corrected chi connectivity index (χ1v) is 7.14. The zero-order chi connectivity index (χ0) is 12.5. The number of fused-ring (bicyclic) bond motifs is 2. The highest BCUT2D eigenvalue weighted by Crippen LogP contribution is 2.49. The monoisotopic (exact) mass is 238 g/mol. The van der Waals surface area contributed by atoms with E-state index in [1.165, 1.54) is 32.1 Å². The van der Waals surface area contributed by atoms with E-state index < -0.39 is 0 Å². The van der Waals surface area contributed by atoms with Gasteiger partial charge in [-0.3, -0.25) is 4.79 Å². The Labute approximate surface area is 105 Å². The third-order valence-corrected chi connectivity index (χ3v) is 4.45. The van der Waals surface area contributed by atoms with E-state index in [-0.39, 0.29) is 11.4 Å². The van der Waals surface area contributed by atoms with Gasteiger partial charge in [-0.15, -0.1) is 0 Å². The molecule has 2 aliphatic rings. The average molecular weight is 238 g/mol. The summed E-state index contributed by atoms with van der Waals surface area (Å²) in [5.41, 5.74) is -0.355. The molecule has 0 aromatic heterocycles. The van der Waals surface area contributed by atoms with Crippen molar-refractivity contribution in [1.82, 2.24) is 0 Å². The lowest BCUT2D eigenvalue weighted by Gasteiger charge is -2.22. The van der Waals surface area contributed by atoms with Gasteiger partial charge >= 0.3 is 5.97 Å². The highest BCUT2D eigenvalue weighted by molar-refractivity contribution is 5.75. The first-order chi connectivity index (χ1) is 7.97. The number of carbonyl (C=O) groups excluding carboxylic acids is 1. The van der Waals surface area contributed by atoms with Crippen molar-refractivity contribution in [3.05, 3.63) is 0 Å². The lowest BCUT2D eigenvalue weighted by molar-refractivity contribution is -0.153. The summed E-state index contributed by atoms with van der Waals surface area (Å²) in [5.74, 6) is 2.90. The number of ether oxygens (including phenoxy) is 1. The van der Waals surface area contributed by atoms with Gasteiger partial charge in [-0.25, -0.2) is 0 Å². The Morgan fingerprint density at radius 3 is 2.53 bits per heavy atom. The van der Waals surface area contributed by atoms with Gasteiger partial charge in [-0.2, -0.15) is 0 Å². The molecule has 98 valence electrons. The van der Waals surface area contributed by atoms with E-state index in [4.69, 9.17) is 4.74 Å². The lowest BCUT2D eigenvalue weighted by Crippen LogP contribution is -2.23. The summed E-state index contributed by atoms with van der Waals surface area (Å²) in [7, 11) is 0. The van der Waals surface area contributed by atoms with Crippen molar-refractivity contribution in [2.45, 2.75) is 59.3 Å². The highest BCUT2D eigenvalue weighted by Gasteiger charge is 2.38. The summed E-state index contributed by atoms with van der Waals surface area (Å²) in [6.45, 7) is 6.34. The minimum Gasteiger partial charge on any atom is -0.465 e. The fraction of sp³-hybridized carbons (Fsp3) is 0.933. The Hall–Kier alpha value is -0.530. The molecule has 3 unspecified atom stereocenters. The second-order valence-electron chi connectivity index (χ2n) is 6.96. The van der Waals surface area contributed by atoms with E-state index in [1.54, 1.807) is 0 Å². The molecule has 0 aromatic rings. The number of rotatable bonds is 4. The van der Waals surface area contributed by atoms with E-state index in [0.717, 1.165) is 24.2 Å². The maximum absolute atomic E-state index is 11.6. The molecule has 0 amide bonds. The van der Waals surface area contributed by atoms with Crippen LogP contribution in [-0.4, -0.2) is 12.6 Å². The van der Waals surface area contributed by atoms with E-state index in [0.29, 0.717) is 6.61 Å². The van der Waals surface area contributed by atoms with Crippen LogP contribution >= 0.6 is 0 Å². The zero-order valence-corrected chi connectivity index (χ0v) is 11.5. The van der Waals surface area contributed by atoms with Gasteiger partial charge in [0, 0.05) is 0 Å². The lowest BCUT2D eigenvalue weighted by atomic mass is 9.86. The van der Waals surface area contributed by atoms with Crippen LogP contribution in [0.3, 0.4) is 0 Å². The largest absolute Gasteiger partial charge is 0.465 e. The second kappa shape index (κ2) is 4.99. The number of hydrogen-bond acceptors (Lipinski definition) is 2. The van der Waals surface area contributed by atoms with Gasteiger partial charge in [0.2, 0.25) is 0 Å². The van der Waals surface area contributed by atoms with Gasteiger partial charge in [-0.1, -0.05) is 6.42 Å². The normalized spacial score (nSPS) is 31.8. The quantitative estimate of drug-likeness (QED) is 0.550. The molecule has 2 heteroatoms. The molecule has 2 rings (SSSR count). The Bertz CT molecular complexity index is 277. The summed E-state index contributed by atoms with van der Waals surface area (Å²) < 4.78 is 5.31. The Kier molecular flexibility index (Phi) is 3.79. The number of esters is 1. The van der Waals surface area contributed by atoms with E-state index in [1.807, 2.05) is 20.8 Å². The molecule has 2 saturated carbocycles. The van der Waals surface area contributed by atoms with Crippen molar-refractivity contribution in [2.24, 2.45) is 23.2 Å². The molecule has 0 spiro atoms.